The standard InChI is InChI=1S/C17H15N3O3S2/c1-11(21)9-15-18-17(25-20-15)19-16(22)14-8-7-12(23-14)10-24-13-5-3-2-4-6-13/h2-8H,9-10H2,1H3,(H,18,19,20,22). The van der Waals surface area contributed by atoms with E-state index in [0.717, 1.165) is 16.4 Å². The van der Waals surface area contributed by atoms with Crippen molar-refractivity contribution in [3.05, 3.63) is 59.8 Å². The van der Waals surface area contributed by atoms with Gasteiger partial charge in [0.25, 0.3) is 5.91 Å². The maximum atomic E-state index is 12.2. The van der Waals surface area contributed by atoms with Crippen molar-refractivity contribution in [3.8, 4) is 0 Å². The minimum atomic E-state index is -0.388. The van der Waals surface area contributed by atoms with Gasteiger partial charge in [0.1, 0.15) is 11.5 Å². The molecule has 0 atom stereocenters. The highest BCUT2D eigenvalue weighted by atomic mass is 32.2. The Kier molecular flexibility index (Phi) is 5.62. The predicted octanol–water partition coefficient (Wildman–Crippen LogP) is 3.81. The number of nitrogens with one attached hydrogen (secondary N) is 1. The molecule has 0 bridgehead atoms. The van der Waals surface area contributed by atoms with Crippen LogP contribution in [-0.4, -0.2) is 21.0 Å². The summed E-state index contributed by atoms with van der Waals surface area (Å²) in [6.07, 6.45) is 0.161. The fraction of sp³-hybridized carbons (Fsp3) is 0.176. The molecular weight excluding hydrogens is 358 g/mol. The minimum absolute atomic E-state index is 0.0257. The van der Waals surface area contributed by atoms with Crippen LogP contribution in [0.3, 0.4) is 0 Å². The fourth-order valence-corrected chi connectivity index (χ4v) is 3.40. The molecule has 6 nitrogen and oxygen atoms in total. The highest BCUT2D eigenvalue weighted by Crippen LogP contribution is 2.23. The molecule has 0 fully saturated rings. The first-order valence-electron chi connectivity index (χ1n) is 7.50. The zero-order chi connectivity index (χ0) is 17.6. The molecule has 0 radical (unpaired) electrons. The Bertz CT molecular complexity index is 874. The number of rotatable bonds is 7. The number of thioether (sulfide) groups is 1. The lowest BCUT2D eigenvalue weighted by molar-refractivity contribution is -0.116. The molecule has 2 aromatic heterocycles. The second kappa shape index (κ2) is 8.09. The largest absolute Gasteiger partial charge is 0.455 e. The maximum absolute atomic E-state index is 12.2. The molecule has 128 valence electrons. The van der Waals surface area contributed by atoms with E-state index < -0.39 is 0 Å². The molecule has 3 rings (SSSR count). The van der Waals surface area contributed by atoms with E-state index in [1.165, 1.54) is 6.92 Å². The molecule has 1 amide bonds. The Balaban J connectivity index is 1.57. The summed E-state index contributed by atoms with van der Waals surface area (Å²) in [6.45, 7) is 1.47. The van der Waals surface area contributed by atoms with Gasteiger partial charge in [-0.2, -0.15) is 4.37 Å². The summed E-state index contributed by atoms with van der Waals surface area (Å²) in [7, 11) is 0. The van der Waals surface area contributed by atoms with Gasteiger partial charge in [-0.15, -0.1) is 11.8 Å². The number of ketones is 1. The number of benzene rings is 1. The van der Waals surface area contributed by atoms with Gasteiger partial charge in [-0.05, 0) is 31.2 Å². The van der Waals surface area contributed by atoms with Gasteiger partial charge in [-0.25, -0.2) is 4.98 Å². The number of furan rings is 1. The van der Waals surface area contributed by atoms with E-state index >= 15 is 0 Å². The Morgan fingerprint density at radius 2 is 2.00 bits per heavy atom. The molecular formula is C17H15N3O3S2. The lowest BCUT2D eigenvalue weighted by atomic mass is 10.3. The molecule has 0 spiro atoms. The van der Waals surface area contributed by atoms with Crippen LogP contribution in [0, 0.1) is 0 Å². The molecule has 2 heterocycles. The maximum Gasteiger partial charge on any atom is 0.293 e. The van der Waals surface area contributed by atoms with Crippen molar-refractivity contribution in [1.29, 1.82) is 0 Å². The summed E-state index contributed by atoms with van der Waals surface area (Å²) in [5, 5.41) is 2.98. The summed E-state index contributed by atoms with van der Waals surface area (Å²) in [4.78, 5) is 28.5. The number of carbonyl (C=O) groups excluding carboxylic acids is 2. The van der Waals surface area contributed by atoms with Crippen molar-refractivity contribution in [2.45, 2.75) is 24.0 Å². The van der Waals surface area contributed by atoms with Crippen LogP contribution >= 0.6 is 23.3 Å². The number of amides is 1. The number of hydrogen-bond donors (Lipinski definition) is 1. The van der Waals surface area contributed by atoms with Crippen molar-refractivity contribution in [3.63, 3.8) is 0 Å². The van der Waals surface area contributed by atoms with E-state index in [1.54, 1.807) is 23.9 Å². The van der Waals surface area contributed by atoms with Crippen molar-refractivity contribution >= 4 is 40.1 Å². The molecule has 8 heteroatoms. The van der Waals surface area contributed by atoms with Crippen LogP contribution in [0.2, 0.25) is 0 Å². The highest BCUT2D eigenvalue weighted by molar-refractivity contribution is 7.98. The molecule has 3 aromatic rings. The number of hydrogen-bond acceptors (Lipinski definition) is 7. The number of nitrogens with zero attached hydrogens (tertiary/aromatic N) is 2. The Labute approximate surface area is 152 Å². The molecule has 1 N–H and O–H groups in total. The second-order valence-electron chi connectivity index (χ2n) is 5.22. The average Bonchev–Trinajstić information content (AvgIpc) is 3.23. The van der Waals surface area contributed by atoms with E-state index in [0.29, 0.717) is 22.5 Å². The summed E-state index contributed by atoms with van der Waals surface area (Å²) in [6, 6.07) is 13.4. The van der Waals surface area contributed by atoms with Gasteiger partial charge in [0.15, 0.2) is 11.6 Å². The zero-order valence-electron chi connectivity index (χ0n) is 13.4. The van der Waals surface area contributed by atoms with Crippen LogP contribution in [0.25, 0.3) is 0 Å². The highest BCUT2D eigenvalue weighted by Gasteiger charge is 2.14. The van der Waals surface area contributed by atoms with Gasteiger partial charge in [0, 0.05) is 16.4 Å². The van der Waals surface area contributed by atoms with Crippen LogP contribution < -0.4 is 5.32 Å². The summed E-state index contributed by atoms with van der Waals surface area (Å²) < 4.78 is 9.61. The van der Waals surface area contributed by atoms with Gasteiger partial charge < -0.3 is 4.42 Å². The SMILES string of the molecule is CC(=O)Cc1nsc(NC(=O)c2ccc(CSc3ccccc3)o2)n1. The minimum Gasteiger partial charge on any atom is -0.455 e. The third-order valence-corrected chi connectivity index (χ3v) is 4.81. The van der Waals surface area contributed by atoms with Gasteiger partial charge in [0.2, 0.25) is 5.13 Å². The molecule has 0 unspecified atom stereocenters. The van der Waals surface area contributed by atoms with Crippen molar-refractivity contribution in [2.24, 2.45) is 0 Å². The Hall–Kier alpha value is -2.45. The van der Waals surface area contributed by atoms with Crippen LogP contribution in [0.4, 0.5) is 5.13 Å². The number of aromatic nitrogens is 2. The number of Topliss-reactive ketones (excluding diaryl/α,β-unsaturated/α-hetero) is 1. The first kappa shape index (κ1) is 17.4. The number of anilines is 1. The third kappa shape index (κ3) is 5.01. The normalized spacial score (nSPS) is 10.6. The number of carbonyl (C=O) groups is 2. The van der Waals surface area contributed by atoms with Crippen molar-refractivity contribution in [1.82, 2.24) is 9.36 Å². The van der Waals surface area contributed by atoms with Gasteiger partial charge in [0.05, 0.1) is 12.2 Å². The summed E-state index contributed by atoms with van der Waals surface area (Å²) in [5.74, 6) is 1.57. The topological polar surface area (TPSA) is 85.1 Å². The smallest absolute Gasteiger partial charge is 0.293 e. The molecule has 0 aliphatic rings. The summed E-state index contributed by atoms with van der Waals surface area (Å²) >= 11 is 2.67. The first-order valence-corrected chi connectivity index (χ1v) is 9.26. The quantitative estimate of drug-likeness (QED) is 0.634. The van der Waals surface area contributed by atoms with Gasteiger partial charge in [-0.1, -0.05) is 18.2 Å². The van der Waals surface area contributed by atoms with E-state index in [1.807, 2.05) is 30.3 Å². The van der Waals surface area contributed by atoms with Gasteiger partial charge in [-0.3, -0.25) is 14.9 Å². The second-order valence-corrected chi connectivity index (χ2v) is 7.02. The Morgan fingerprint density at radius 3 is 2.76 bits per heavy atom. The molecule has 0 aliphatic heterocycles. The molecule has 0 saturated carbocycles. The average molecular weight is 373 g/mol. The molecule has 0 aliphatic carbocycles. The van der Waals surface area contributed by atoms with E-state index in [2.05, 4.69) is 14.7 Å². The Morgan fingerprint density at radius 1 is 1.20 bits per heavy atom. The van der Waals surface area contributed by atoms with Crippen LogP contribution in [-0.2, 0) is 17.0 Å². The third-order valence-electron chi connectivity index (χ3n) is 3.11. The van der Waals surface area contributed by atoms with Crippen molar-refractivity contribution < 1.29 is 14.0 Å². The predicted molar refractivity (Wildman–Crippen MR) is 97.0 cm³/mol. The molecule has 0 saturated heterocycles. The molecule has 1 aromatic carbocycles. The van der Waals surface area contributed by atoms with Crippen LogP contribution in [0.1, 0.15) is 29.1 Å². The van der Waals surface area contributed by atoms with Crippen LogP contribution in [0.5, 0.6) is 0 Å². The van der Waals surface area contributed by atoms with Crippen molar-refractivity contribution in [2.75, 3.05) is 5.32 Å². The lowest BCUT2D eigenvalue weighted by Crippen LogP contribution is -2.10. The fourth-order valence-electron chi connectivity index (χ4n) is 2.01. The van der Waals surface area contributed by atoms with E-state index in [-0.39, 0.29) is 23.9 Å². The first-order chi connectivity index (χ1) is 12.1. The van der Waals surface area contributed by atoms with Gasteiger partial charge >= 0.3 is 0 Å². The summed E-state index contributed by atoms with van der Waals surface area (Å²) in [5.41, 5.74) is 0. The van der Waals surface area contributed by atoms with E-state index in [9.17, 15) is 9.59 Å². The lowest BCUT2D eigenvalue weighted by Gasteiger charge is -1.99. The van der Waals surface area contributed by atoms with Crippen LogP contribution in [0.15, 0.2) is 51.8 Å². The monoisotopic (exact) mass is 373 g/mol. The van der Waals surface area contributed by atoms with E-state index in [4.69, 9.17) is 4.42 Å². The molecule has 25 heavy (non-hydrogen) atoms. The zero-order valence-corrected chi connectivity index (χ0v) is 15.0.